The summed E-state index contributed by atoms with van der Waals surface area (Å²) in [5.74, 6) is 2.36. The minimum atomic E-state index is -0.398. The second-order valence-corrected chi connectivity index (χ2v) is 14.6. The first kappa shape index (κ1) is 34.0. The number of ether oxygens (including phenoxy) is 3. The van der Waals surface area contributed by atoms with Crippen molar-refractivity contribution in [2.75, 3.05) is 32.2 Å². The maximum Gasteiger partial charge on any atom is 0.410 e. The summed E-state index contributed by atoms with van der Waals surface area (Å²) in [4.78, 5) is 17.0. The molecule has 256 valence electrons. The van der Waals surface area contributed by atoms with Crippen LogP contribution in [-0.2, 0) is 16.7 Å². The van der Waals surface area contributed by atoms with Crippen molar-refractivity contribution in [3.05, 3.63) is 167 Å². The summed E-state index contributed by atoms with van der Waals surface area (Å²) >= 11 is 8.07. The molecule has 0 spiro atoms. The van der Waals surface area contributed by atoms with Gasteiger partial charge in [-0.3, -0.25) is 9.80 Å². The van der Waals surface area contributed by atoms with E-state index in [1.807, 2.05) is 43.0 Å². The fraction of sp³-hybridized carbons (Fsp3) is 0.262. The molecule has 2 fully saturated rings. The molecule has 50 heavy (non-hydrogen) atoms. The zero-order chi connectivity index (χ0) is 34.3. The van der Waals surface area contributed by atoms with Crippen molar-refractivity contribution in [1.82, 2.24) is 9.80 Å². The number of thioether (sulfide) groups is 1. The van der Waals surface area contributed by atoms with Crippen LogP contribution in [-0.4, -0.2) is 65.5 Å². The molecule has 1 amide bonds. The van der Waals surface area contributed by atoms with Crippen molar-refractivity contribution in [3.63, 3.8) is 0 Å². The van der Waals surface area contributed by atoms with Gasteiger partial charge in [-0.25, -0.2) is 4.79 Å². The first-order chi connectivity index (χ1) is 24.5. The second-order valence-electron chi connectivity index (χ2n) is 12.9. The Morgan fingerprint density at radius 1 is 0.780 bits per heavy atom. The Morgan fingerprint density at radius 3 is 2.00 bits per heavy atom. The zero-order valence-corrected chi connectivity index (χ0v) is 29.6. The molecule has 7 rings (SSSR count). The normalized spacial score (nSPS) is 18.5. The van der Waals surface area contributed by atoms with Crippen LogP contribution in [0.2, 0.25) is 5.02 Å². The van der Waals surface area contributed by atoms with Crippen LogP contribution in [0.25, 0.3) is 0 Å². The molecule has 0 N–H and O–H groups in total. The summed E-state index contributed by atoms with van der Waals surface area (Å²) in [6, 6.07) is 48.2. The van der Waals surface area contributed by atoms with Gasteiger partial charge in [-0.05, 0) is 65.9 Å². The molecule has 2 aliphatic heterocycles. The maximum atomic E-state index is 12.6. The molecule has 8 heteroatoms. The van der Waals surface area contributed by atoms with Crippen molar-refractivity contribution in [2.24, 2.45) is 0 Å². The molecule has 0 aromatic heterocycles. The van der Waals surface area contributed by atoms with Crippen molar-refractivity contribution in [2.45, 2.75) is 36.3 Å². The van der Waals surface area contributed by atoms with Crippen molar-refractivity contribution in [3.8, 4) is 11.5 Å². The van der Waals surface area contributed by atoms with Gasteiger partial charge in [-0.15, -0.1) is 11.8 Å². The van der Waals surface area contributed by atoms with Crippen molar-refractivity contribution in [1.29, 1.82) is 0 Å². The Hall–Kier alpha value is -4.43. The van der Waals surface area contributed by atoms with Gasteiger partial charge < -0.3 is 14.2 Å². The number of cyclic esters (lactones) is 1. The molecule has 0 aliphatic carbocycles. The van der Waals surface area contributed by atoms with Gasteiger partial charge in [0.2, 0.25) is 0 Å². The molecule has 0 saturated carbocycles. The van der Waals surface area contributed by atoms with Crippen LogP contribution in [0.4, 0.5) is 4.79 Å². The summed E-state index contributed by atoms with van der Waals surface area (Å²) in [6.07, 6.45) is 0.255. The minimum absolute atomic E-state index is 0.154. The predicted octanol–water partition coefficient (Wildman–Crippen LogP) is 8.92. The number of hydrogen-bond acceptors (Lipinski definition) is 6. The van der Waals surface area contributed by atoms with Crippen LogP contribution in [0.15, 0.2) is 140 Å². The lowest BCUT2D eigenvalue weighted by atomic mass is 9.75. The molecule has 5 aromatic carbocycles. The number of amides is 1. The summed E-state index contributed by atoms with van der Waals surface area (Å²) in [6.45, 7) is 4.00. The Labute approximate surface area is 303 Å². The van der Waals surface area contributed by atoms with E-state index in [2.05, 4.69) is 108 Å². The molecular weight excluding hydrogens is 664 g/mol. The average Bonchev–Trinajstić information content (AvgIpc) is 3.78. The van der Waals surface area contributed by atoms with E-state index >= 15 is 0 Å². The van der Waals surface area contributed by atoms with Gasteiger partial charge >= 0.3 is 6.09 Å². The quantitative estimate of drug-likeness (QED) is 0.114. The monoisotopic (exact) mass is 704 g/mol. The van der Waals surface area contributed by atoms with E-state index in [4.69, 9.17) is 25.8 Å². The van der Waals surface area contributed by atoms with Crippen LogP contribution < -0.4 is 9.47 Å². The molecule has 3 unspecified atom stereocenters. The molecule has 0 radical (unpaired) electrons. The fourth-order valence-corrected chi connectivity index (χ4v) is 8.48. The van der Waals surface area contributed by atoms with Crippen LogP contribution in [0, 0.1) is 0 Å². The second kappa shape index (κ2) is 15.6. The molecule has 2 heterocycles. The van der Waals surface area contributed by atoms with E-state index in [9.17, 15) is 4.79 Å². The highest BCUT2D eigenvalue weighted by Crippen LogP contribution is 2.46. The number of hydrogen-bond donors (Lipinski definition) is 0. The number of carbonyl (C=O) groups excluding carboxylic acids is 1. The minimum Gasteiger partial charge on any atom is -0.491 e. The molecular formula is C42H41ClN2O4S. The SMILES string of the molecule is CC(COc1ccc(CC2CN(C(c3ccccc3)(c3ccccc3)c3ccccc3)CS2)cc1)N1CC(COc2cccc(Cl)c2)OC1=O. The number of halogens is 1. The van der Waals surface area contributed by atoms with E-state index in [1.54, 1.807) is 17.0 Å². The largest absolute Gasteiger partial charge is 0.491 e. The molecule has 3 atom stereocenters. The third kappa shape index (κ3) is 7.51. The number of nitrogens with zero attached hydrogens (tertiary/aromatic N) is 2. The number of rotatable bonds is 13. The van der Waals surface area contributed by atoms with Crippen LogP contribution >= 0.6 is 23.4 Å². The van der Waals surface area contributed by atoms with E-state index < -0.39 is 5.54 Å². The summed E-state index contributed by atoms with van der Waals surface area (Å²) in [5.41, 5.74) is 4.71. The Balaban J connectivity index is 0.966. The van der Waals surface area contributed by atoms with Crippen LogP contribution in [0.5, 0.6) is 11.5 Å². The van der Waals surface area contributed by atoms with E-state index in [0.29, 0.717) is 29.2 Å². The van der Waals surface area contributed by atoms with Gasteiger partial charge in [0.05, 0.1) is 18.1 Å². The Bertz CT molecular complexity index is 1750. The molecule has 2 aliphatic rings. The first-order valence-electron chi connectivity index (χ1n) is 17.1. The lowest BCUT2D eigenvalue weighted by molar-refractivity contribution is 0.100. The zero-order valence-electron chi connectivity index (χ0n) is 28.1. The Kier molecular flexibility index (Phi) is 10.6. The summed E-state index contributed by atoms with van der Waals surface area (Å²) in [5, 5.41) is 1.04. The molecule has 5 aromatic rings. The fourth-order valence-electron chi connectivity index (χ4n) is 7.02. The summed E-state index contributed by atoms with van der Waals surface area (Å²) < 4.78 is 17.5. The first-order valence-corrected chi connectivity index (χ1v) is 18.5. The van der Waals surface area contributed by atoms with Gasteiger partial charge in [-0.2, -0.15) is 0 Å². The van der Waals surface area contributed by atoms with E-state index in [0.717, 1.165) is 24.6 Å². The van der Waals surface area contributed by atoms with Gasteiger partial charge in [-0.1, -0.05) is 121 Å². The highest BCUT2D eigenvalue weighted by Gasteiger charge is 2.45. The van der Waals surface area contributed by atoms with Crippen molar-refractivity contribution >= 4 is 29.5 Å². The highest BCUT2D eigenvalue weighted by atomic mass is 35.5. The van der Waals surface area contributed by atoms with Gasteiger partial charge in [0.25, 0.3) is 0 Å². The van der Waals surface area contributed by atoms with E-state index in [1.165, 1.54) is 22.3 Å². The predicted molar refractivity (Wildman–Crippen MR) is 201 cm³/mol. The van der Waals surface area contributed by atoms with E-state index in [-0.39, 0.29) is 24.8 Å². The summed E-state index contributed by atoms with van der Waals surface area (Å²) in [7, 11) is 0. The third-order valence-electron chi connectivity index (χ3n) is 9.48. The number of benzene rings is 5. The van der Waals surface area contributed by atoms with Gasteiger partial charge in [0.15, 0.2) is 6.10 Å². The van der Waals surface area contributed by atoms with Gasteiger partial charge in [0.1, 0.15) is 24.7 Å². The smallest absolute Gasteiger partial charge is 0.410 e. The number of carbonyl (C=O) groups is 1. The lowest BCUT2D eigenvalue weighted by Crippen LogP contribution is -2.47. The molecule has 2 saturated heterocycles. The van der Waals surface area contributed by atoms with Gasteiger partial charge in [0, 0.05) is 22.7 Å². The third-order valence-corrected chi connectivity index (χ3v) is 11.0. The standard InChI is InChI=1S/C42H41ClN2O4S/c1-31(45-26-39(49-41(45)46)29-48-38-19-11-18-36(43)25-38)28-47-37-22-20-32(21-23-37)24-40-27-44(30-50-40)42(33-12-5-2-6-13-33,34-14-7-3-8-15-34)35-16-9-4-10-17-35/h2-23,25,31,39-40H,24,26-30H2,1H3. The molecule has 0 bridgehead atoms. The maximum absolute atomic E-state index is 12.6. The lowest BCUT2D eigenvalue weighted by Gasteiger charge is -2.43. The Morgan fingerprint density at radius 2 is 1.40 bits per heavy atom. The van der Waals surface area contributed by atoms with Crippen LogP contribution in [0.3, 0.4) is 0 Å². The average molecular weight is 705 g/mol. The molecule has 6 nitrogen and oxygen atoms in total. The van der Waals surface area contributed by atoms with Crippen LogP contribution in [0.1, 0.15) is 29.2 Å². The topological polar surface area (TPSA) is 51.2 Å². The highest BCUT2D eigenvalue weighted by molar-refractivity contribution is 8.00. The van der Waals surface area contributed by atoms with Crippen molar-refractivity contribution < 1.29 is 19.0 Å².